The Morgan fingerprint density at radius 3 is 2.44 bits per heavy atom. The van der Waals surface area contributed by atoms with Crippen molar-refractivity contribution in [1.29, 1.82) is 0 Å². The average Bonchev–Trinajstić information content (AvgIpc) is 2.57. The van der Waals surface area contributed by atoms with Gasteiger partial charge in [0, 0.05) is 26.2 Å². The van der Waals surface area contributed by atoms with Gasteiger partial charge in [-0.1, -0.05) is 41.9 Å². The first-order valence-electron chi connectivity index (χ1n) is 7.99. The predicted molar refractivity (Wildman–Crippen MR) is 102 cm³/mol. The molecule has 132 valence electrons. The van der Waals surface area contributed by atoms with Gasteiger partial charge in [0.2, 0.25) is 11.8 Å². The predicted octanol–water partition coefficient (Wildman–Crippen LogP) is 3.76. The number of nitrogens with one attached hydrogen (secondary N) is 2. The highest BCUT2D eigenvalue weighted by Crippen LogP contribution is 2.26. The van der Waals surface area contributed by atoms with Gasteiger partial charge in [0.15, 0.2) is 0 Å². The van der Waals surface area contributed by atoms with Crippen molar-refractivity contribution in [2.45, 2.75) is 26.4 Å². The minimum absolute atomic E-state index is 0.0223. The molecular weight excluding hydrogens is 338 g/mol. The fraction of sp³-hybridized carbons (Fsp3) is 0.263. The van der Waals surface area contributed by atoms with Crippen LogP contribution in [0.2, 0.25) is 5.02 Å². The lowest BCUT2D eigenvalue weighted by Crippen LogP contribution is -2.38. The number of anilines is 2. The summed E-state index contributed by atoms with van der Waals surface area (Å²) in [6.45, 7) is 3.78. The second-order valence-electron chi connectivity index (χ2n) is 5.92. The molecule has 0 aliphatic carbocycles. The summed E-state index contributed by atoms with van der Waals surface area (Å²) in [6.07, 6.45) is 0. The Morgan fingerprint density at radius 1 is 1.16 bits per heavy atom. The summed E-state index contributed by atoms with van der Waals surface area (Å²) in [5.74, 6) is -0.209. The first kappa shape index (κ1) is 18.8. The Labute approximate surface area is 153 Å². The quantitative estimate of drug-likeness (QED) is 0.825. The third kappa shape index (κ3) is 5.50. The van der Waals surface area contributed by atoms with E-state index in [0.717, 1.165) is 5.56 Å². The molecule has 2 aromatic carbocycles. The molecule has 0 aliphatic heterocycles. The molecule has 0 heterocycles. The number of rotatable bonds is 6. The molecule has 0 bridgehead atoms. The molecule has 2 aromatic rings. The second-order valence-corrected chi connectivity index (χ2v) is 6.33. The minimum atomic E-state index is -0.406. The topological polar surface area (TPSA) is 61.4 Å². The molecule has 2 N–H and O–H groups in total. The lowest BCUT2D eigenvalue weighted by molar-refractivity contribution is -0.130. The summed E-state index contributed by atoms with van der Waals surface area (Å²) in [5, 5.41) is 6.20. The molecule has 0 spiro atoms. The van der Waals surface area contributed by atoms with Crippen molar-refractivity contribution in [2.75, 3.05) is 17.7 Å². The number of nitrogens with zero attached hydrogens (tertiary/aromatic N) is 1. The first-order valence-corrected chi connectivity index (χ1v) is 8.37. The normalized spacial score (nSPS) is 11.5. The van der Waals surface area contributed by atoms with Gasteiger partial charge in [-0.3, -0.25) is 9.59 Å². The number of hydrogen-bond acceptors (Lipinski definition) is 3. The Hall–Kier alpha value is -2.53. The fourth-order valence-corrected chi connectivity index (χ4v) is 2.70. The van der Waals surface area contributed by atoms with Gasteiger partial charge in [-0.05, 0) is 30.7 Å². The van der Waals surface area contributed by atoms with Crippen LogP contribution >= 0.6 is 11.6 Å². The summed E-state index contributed by atoms with van der Waals surface area (Å²) in [6, 6.07) is 14.6. The van der Waals surface area contributed by atoms with Crippen molar-refractivity contribution in [3.63, 3.8) is 0 Å². The van der Waals surface area contributed by atoms with E-state index in [-0.39, 0.29) is 11.8 Å². The van der Waals surface area contributed by atoms with Crippen molar-refractivity contribution >= 4 is 34.8 Å². The van der Waals surface area contributed by atoms with Crippen molar-refractivity contribution in [3.8, 4) is 0 Å². The first-order chi connectivity index (χ1) is 11.9. The Morgan fingerprint density at radius 2 is 1.84 bits per heavy atom. The summed E-state index contributed by atoms with van der Waals surface area (Å²) in [7, 11) is 1.78. The van der Waals surface area contributed by atoms with Crippen LogP contribution in [-0.2, 0) is 16.1 Å². The number of amides is 2. The van der Waals surface area contributed by atoms with Gasteiger partial charge >= 0.3 is 0 Å². The number of carbonyl (C=O) groups excluding carboxylic acids is 2. The van der Waals surface area contributed by atoms with Crippen LogP contribution in [0.4, 0.5) is 11.4 Å². The molecule has 6 heteroatoms. The third-order valence-electron chi connectivity index (χ3n) is 3.67. The van der Waals surface area contributed by atoms with Crippen molar-refractivity contribution in [1.82, 2.24) is 4.90 Å². The van der Waals surface area contributed by atoms with Crippen LogP contribution < -0.4 is 10.6 Å². The molecule has 2 rings (SSSR count). The molecule has 1 atom stereocenters. The Balaban J connectivity index is 1.98. The van der Waals surface area contributed by atoms with E-state index in [4.69, 9.17) is 11.6 Å². The van der Waals surface area contributed by atoms with Crippen molar-refractivity contribution in [3.05, 3.63) is 59.1 Å². The summed E-state index contributed by atoms with van der Waals surface area (Å²) >= 11 is 6.16. The molecule has 0 aromatic heterocycles. The molecule has 5 nitrogen and oxygen atoms in total. The number of hydrogen-bond donors (Lipinski definition) is 2. The maximum absolute atomic E-state index is 12.5. The fourth-order valence-electron chi connectivity index (χ4n) is 2.47. The third-order valence-corrected chi connectivity index (χ3v) is 3.98. The monoisotopic (exact) mass is 359 g/mol. The van der Waals surface area contributed by atoms with Gasteiger partial charge in [0.1, 0.15) is 6.04 Å². The summed E-state index contributed by atoms with van der Waals surface area (Å²) < 4.78 is 0. The van der Waals surface area contributed by atoms with E-state index < -0.39 is 6.04 Å². The van der Waals surface area contributed by atoms with Crippen LogP contribution in [0.3, 0.4) is 0 Å². The highest BCUT2D eigenvalue weighted by Gasteiger charge is 2.18. The molecule has 0 saturated carbocycles. The van der Waals surface area contributed by atoms with Gasteiger partial charge in [-0.25, -0.2) is 0 Å². The Bertz CT molecular complexity index is 750. The van der Waals surface area contributed by atoms with Gasteiger partial charge < -0.3 is 15.5 Å². The summed E-state index contributed by atoms with van der Waals surface area (Å²) in [5.41, 5.74) is 2.33. The highest BCUT2D eigenvalue weighted by atomic mass is 35.5. The molecule has 0 fully saturated rings. The second kappa shape index (κ2) is 8.53. The molecule has 0 radical (unpaired) electrons. The standard InChI is InChI=1S/C19H22ClN3O2/c1-13(19(25)23(3)12-15-7-5-4-6-8-15)21-16-9-10-18(17(20)11-16)22-14(2)24/h4-11,13,21H,12H2,1-3H3,(H,22,24). The smallest absolute Gasteiger partial charge is 0.244 e. The zero-order chi connectivity index (χ0) is 18.4. The molecule has 25 heavy (non-hydrogen) atoms. The van der Waals surface area contributed by atoms with Gasteiger partial charge in [-0.2, -0.15) is 0 Å². The van der Waals surface area contributed by atoms with E-state index in [2.05, 4.69) is 10.6 Å². The number of benzene rings is 2. The largest absolute Gasteiger partial charge is 0.374 e. The van der Waals surface area contributed by atoms with E-state index in [1.54, 1.807) is 37.1 Å². The molecule has 0 aliphatic rings. The minimum Gasteiger partial charge on any atom is -0.374 e. The van der Waals surface area contributed by atoms with Crippen LogP contribution in [-0.4, -0.2) is 29.8 Å². The Kier molecular flexibility index (Phi) is 6.42. The molecular formula is C19H22ClN3O2. The van der Waals surface area contributed by atoms with Gasteiger partial charge in [-0.15, -0.1) is 0 Å². The van der Waals surface area contributed by atoms with Gasteiger partial charge in [0.25, 0.3) is 0 Å². The van der Waals surface area contributed by atoms with Crippen LogP contribution in [0.25, 0.3) is 0 Å². The lowest BCUT2D eigenvalue weighted by Gasteiger charge is -2.23. The zero-order valence-corrected chi connectivity index (χ0v) is 15.3. The number of halogens is 1. The summed E-state index contributed by atoms with van der Waals surface area (Å²) in [4.78, 5) is 25.3. The van der Waals surface area contributed by atoms with Crippen LogP contribution in [0.5, 0.6) is 0 Å². The van der Waals surface area contributed by atoms with Crippen molar-refractivity contribution < 1.29 is 9.59 Å². The van der Waals surface area contributed by atoms with Gasteiger partial charge in [0.05, 0.1) is 10.7 Å². The van der Waals surface area contributed by atoms with E-state index in [1.165, 1.54) is 6.92 Å². The number of likely N-dealkylation sites (N-methyl/N-ethyl adjacent to an activating group) is 1. The van der Waals surface area contributed by atoms with Crippen LogP contribution in [0, 0.1) is 0 Å². The number of carbonyl (C=O) groups is 2. The van der Waals surface area contributed by atoms with E-state index >= 15 is 0 Å². The zero-order valence-electron chi connectivity index (χ0n) is 14.5. The van der Waals surface area contributed by atoms with Crippen LogP contribution in [0.1, 0.15) is 19.4 Å². The van der Waals surface area contributed by atoms with E-state index in [0.29, 0.717) is 22.9 Å². The molecule has 0 saturated heterocycles. The average molecular weight is 360 g/mol. The van der Waals surface area contributed by atoms with Crippen LogP contribution in [0.15, 0.2) is 48.5 Å². The maximum Gasteiger partial charge on any atom is 0.244 e. The van der Waals surface area contributed by atoms with Crippen molar-refractivity contribution in [2.24, 2.45) is 0 Å². The van der Waals surface area contributed by atoms with E-state index in [9.17, 15) is 9.59 Å². The highest BCUT2D eigenvalue weighted by molar-refractivity contribution is 6.34. The lowest BCUT2D eigenvalue weighted by atomic mass is 10.2. The molecule has 1 unspecified atom stereocenters. The SMILES string of the molecule is CC(=O)Nc1ccc(NC(C)C(=O)N(C)Cc2ccccc2)cc1Cl. The molecule has 2 amide bonds. The van der Waals surface area contributed by atoms with E-state index in [1.807, 2.05) is 30.3 Å². The maximum atomic E-state index is 12.5.